The lowest BCUT2D eigenvalue weighted by Crippen LogP contribution is -2.25. The van der Waals surface area contributed by atoms with Crippen LogP contribution in [0.5, 0.6) is 5.75 Å². The molecule has 0 amide bonds. The molecule has 1 atom stereocenters. The lowest BCUT2D eigenvalue weighted by atomic mass is 9.90. The Morgan fingerprint density at radius 3 is 2.38 bits per heavy atom. The van der Waals surface area contributed by atoms with Gasteiger partial charge in [-0.05, 0) is 55.0 Å². The predicted molar refractivity (Wildman–Crippen MR) is 106 cm³/mol. The molecular formula is C21H24F3N3O2. The van der Waals surface area contributed by atoms with Crippen LogP contribution in [0.1, 0.15) is 30.9 Å². The number of ether oxygens (including phenoxy) is 2. The zero-order chi connectivity index (χ0) is 20.7. The molecule has 0 radical (unpaired) electrons. The molecule has 1 aliphatic heterocycles. The Kier molecular flexibility index (Phi) is 6.98. The maximum atomic E-state index is 12.3. The quantitative estimate of drug-likeness (QED) is 0.530. The van der Waals surface area contributed by atoms with Gasteiger partial charge in [0.2, 0.25) is 0 Å². The van der Waals surface area contributed by atoms with Gasteiger partial charge in [-0.2, -0.15) is 0 Å². The minimum absolute atomic E-state index is 0.111. The van der Waals surface area contributed by atoms with Crippen molar-refractivity contribution in [2.45, 2.75) is 31.7 Å². The molecule has 3 rings (SSSR count). The van der Waals surface area contributed by atoms with Gasteiger partial charge in [-0.1, -0.05) is 30.3 Å². The first-order chi connectivity index (χ1) is 13.9. The molecule has 1 aliphatic rings. The predicted octanol–water partition coefficient (Wildman–Crippen LogP) is 4.87. The molecule has 8 heteroatoms. The van der Waals surface area contributed by atoms with Crippen LogP contribution in [0.25, 0.3) is 0 Å². The Morgan fingerprint density at radius 1 is 1.10 bits per heavy atom. The monoisotopic (exact) mass is 407 g/mol. The van der Waals surface area contributed by atoms with Crippen LogP contribution in [0.2, 0.25) is 0 Å². The number of halogens is 3. The van der Waals surface area contributed by atoms with E-state index < -0.39 is 6.36 Å². The third-order valence-electron chi connectivity index (χ3n) is 4.74. The van der Waals surface area contributed by atoms with E-state index in [-0.39, 0.29) is 17.8 Å². The van der Waals surface area contributed by atoms with Crippen molar-refractivity contribution in [3.63, 3.8) is 0 Å². The lowest BCUT2D eigenvalue weighted by Gasteiger charge is -2.25. The summed E-state index contributed by atoms with van der Waals surface area (Å²) in [5.41, 5.74) is 7.69. The summed E-state index contributed by atoms with van der Waals surface area (Å²) in [4.78, 5) is 4.65. The molecule has 0 aliphatic carbocycles. The molecule has 0 saturated carbocycles. The number of nitrogens with one attached hydrogen (secondary N) is 1. The van der Waals surface area contributed by atoms with E-state index in [2.05, 4.69) is 15.0 Å². The Morgan fingerprint density at radius 2 is 1.76 bits per heavy atom. The molecule has 0 bridgehead atoms. The van der Waals surface area contributed by atoms with Crippen LogP contribution < -0.4 is 15.8 Å². The van der Waals surface area contributed by atoms with Gasteiger partial charge in [0.25, 0.3) is 0 Å². The van der Waals surface area contributed by atoms with E-state index in [1.165, 1.54) is 24.3 Å². The summed E-state index contributed by atoms with van der Waals surface area (Å²) in [6.07, 6.45) is -1.88. The van der Waals surface area contributed by atoms with Gasteiger partial charge in [-0.15, -0.1) is 13.2 Å². The average Bonchev–Trinajstić information content (AvgIpc) is 2.69. The number of alkyl halides is 3. The van der Waals surface area contributed by atoms with E-state index >= 15 is 0 Å². The molecule has 2 aromatic rings. The van der Waals surface area contributed by atoms with Crippen LogP contribution in [0.3, 0.4) is 0 Å². The van der Waals surface area contributed by atoms with Gasteiger partial charge < -0.3 is 20.5 Å². The fourth-order valence-corrected chi connectivity index (χ4v) is 3.32. The van der Waals surface area contributed by atoms with Crippen LogP contribution >= 0.6 is 0 Å². The van der Waals surface area contributed by atoms with Crippen molar-refractivity contribution in [3.05, 3.63) is 60.2 Å². The van der Waals surface area contributed by atoms with E-state index in [4.69, 9.17) is 10.5 Å². The molecule has 29 heavy (non-hydrogen) atoms. The van der Waals surface area contributed by atoms with Crippen molar-refractivity contribution in [2.75, 3.05) is 18.5 Å². The van der Waals surface area contributed by atoms with Crippen LogP contribution in [0, 0.1) is 5.92 Å². The van der Waals surface area contributed by atoms with E-state index in [1.807, 2.05) is 30.3 Å². The number of anilines is 1. The fraction of sp³-hybridized carbons (Fsp3) is 0.381. The van der Waals surface area contributed by atoms with Crippen molar-refractivity contribution in [3.8, 4) is 5.75 Å². The van der Waals surface area contributed by atoms with Crippen LogP contribution in [-0.4, -0.2) is 25.5 Å². The highest BCUT2D eigenvalue weighted by atomic mass is 19.4. The van der Waals surface area contributed by atoms with E-state index in [0.717, 1.165) is 38.0 Å². The standard InChI is InChI=1S/C21H24F3N3O2/c22-21(23,24)29-18-8-6-17(7-9-18)26-20(25)27-19(16-4-2-1-3-5-16)14-15-10-12-28-13-11-15/h1-9,15,19H,10-14H2,(H3,25,26,27). The van der Waals surface area contributed by atoms with Crippen LogP contribution in [0.4, 0.5) is 18.9 Å². The molecule has 0 aromatic heterocycles. The topological polar surface area (TPSA) is 68.9 Å². The molecule has 1 unspecified atom stereocenters. The number of nitrogens with zero attached hydrogens (tertiary/aromatic N) is 1. The highest BCUT2D eigenvalue weighted by Crippen LogP contribution is 2.30. The lowest BCUT2D eigenvalue weighted by molar-refractivity contribution is -0.274. The van der Waals surface area contributed by atoms with Crippen molar-refractivity contribution >= 4 is 11.6 Å². The van der Waals surface area contributed by atoms with E-state index in [9.17, 15) is 13.2 Å². The SMILES string of the molecule is NC(=NC(CC1CCOCC1)c1ccccc1)Nc1ccc(OC(F)(F)F)cc1. The average molecular weight is 407 g/mol. The molecule has 5 nitrogen and oxygen atoms in total. The summed E-state index contributed by atoms with van der Waals surface area (Å²) in [5, 5.41) is 2.94. The van der Waals surface area contributed by atoms with Gasteiger partial charge >= 0.3 is 6.36 Å². The molecule has 1 heterocycles. The second-order valence-electron chi connectivity index (χ2n) is 6.93. The number of hydrogen-bond acceptors (Lipinski definition) is 3. The number of benzene rings is 2. The van der Waals surface area contributed by atoms with Crippen molar-refractivity contribution < 1.29 is 22.6 Å². The second-order valence-corrected chi connectivity index (χ2v) is 6.93. The Bertz CT molecular complexity index is 789. The number of hydrogen-bond donors (Lipinski definition) is 2. The molecule has 156 valence electrons. The smallest absolute Gasteiger partial charge is 0.406 e. The summed E-state index contributed by atoms with van der Waals surface area (Å²) in [5.74, 6) is 0.417. The van der Waals surface area contributed by atoms with Gasteiger partial charge in [0, 0.05) is 18.9 Å². The second kappa shape index (κ2) is 9.65. The summed E-state index contributed by atoms with van der Waals surface area (Å²) >= 11 is 0. The van der Waals surface area contributed by atoms with Gasteiger partial charge in [0.1, 0.15) is 5.75 Å². The van der Waals surface area contributed by atoms with Gasteiger partial charge in [0.15, 0.2) is 5.96 Å². The van der Waals surface area contributed by atoms with Crippen LogP contribution in [-0.2, 0) is 4.74 Å². The molecule has 1 saturated heterocycles. The van der Waals surface area contributed by atoms with E-state index in [0.29, 0.717) is 11.6 Å². The first-order valence-electron chi connectivity index (χ1n) is 9.48. The maximum Gasteiger partial charge on any atom is 0.573 e. The summed E-state index contributed by atoms with van der Waals surface area (Å²) in [7, 11) is 0. The number of guanidine groups is 1. The van der Waals surface area contributed by atoms with Crippen LogP contribution in [0.15, 0.2) is 59.6 Å². The highest BCUT2D eigenvalue weighted by Gasteiger charge is 2.31. The number of aliphatic imine (C=N–C) groups is 1. The minimum Gasteiger partial charge on any atom is -0.406 e. The van der Waals surface area contributed by atoms with Crippen molar-refractivity contribution in [2.24, 2.45) is 16.6 Å². The zero-order valence-corrected chi connectivity index (χ0v) is 15.9. The normalized spacial score (nSPS) is 17.0. The third-order valence-corrected chi connectivity index (χ3v) is 4.74. The summed E-state index contributed by atoms with van der Waals surface area (Å²) < 4.78 is 46.1. The molecule has 1 fully saturated rings. The van der Waals surface area contributed by atoms with Gasteiger partial charge in [-0.25, -0.2) is 4.99 Å². The Hall–Kier alpha value is -2.74. The first kappa shape index (κ1) is 21.0. The zero-order valence-electron chi connectivity index (χ0n) is 15.9. The Balaban J connectivity index is 1.69. The maximum absolute atomic E-state index is 12.3. The number of nitrogens with two attached hydrogens (primary N) is 1. The number of rotatable bonds is 6. The van der Waals surface area contributed by atoms with Gasteiger partial charge in [0.05, 0.1) is 6.04 Å². The largest absolute Gasteiger partial charge is 0.573 e. The fourth-order valence-electron chi connectivity index (χ4n) is 3.32. The van der Waals surface area contributed by atoms with Crippen molar-refractivity contribution in [1.29, 1.82) is 0 Å². The highest BCUT2D eigenvalue weighted by molar-refractivity contribution is 5.92. The molecule has 0 spiro atoms. The van der Waals surface area contributed by atoms with Crippen molar-refractivity contribution in [1.82, 2.24) is 0 Å². The summed E-state index contributed by atoms with van der Waals surface area (Å²) in [6, 6.07) is 15.2. The summed E-state index contributed by atoms with van der Waals surface area (Å²) in [6.45, 7) is 1.52. The molecule has 3 N–H and O–H groups in total. The minimum atomic E-state index is -4.72. The van der Waals surface area contributed by atoms with Gasteiger partial charge in [-0.3, -0.25) is 0 Å². The molecular weight excluding hydrogens is 383 g/mol. The molecule has 2 aromatic carbocycles. The Labute approximate surface area is 167 Å². The third kappa shape index (κ3) is 6.98. The van der Waals surface area contributed by atoms with E-state index in [1.54, 1.807) is 0 Å². The first-order valence-corrected chi connectivity index (χ1v) is 9.48.